The molecule has 1 amide bonds. The highest BCUT2D eigenvalue weighted by atomic mass is 35.5. The molecule has 0 bridgehead atoms. The van der Waals surface area contributed by atoms with Crippen molar-refractivity contribution < 1.29 is 27.1 Å². The summed E-state index contributed by atoms with van der Waals surface area (Å²) in [6.07, 6.45) is 1.43. The number of halogens is 4. The molecule has 2 aromatic heterocycles. The van der Waals surface area contributed by atoms with Crippen molar-refractivity contribution in [3.05, 3.63) is 75.0 Å². The van der Waals surface area contributed by atoms with Crippen LogP contribution < -0.4 is 15.6 Å². The van der Waals surface area contributed by atoms with Crippen molar-refractivity contribution in [2.24, 2.45) is 0 Å². The van der Waals surface area contributed by atoms with Gasteiger partial charge < -0.3 is 14.5 Å². The zero-order chi connectivity index (χ0) is 29.4. The van der Waals surface area contributed by atoms with Crippen LogP contribution >= 0.6 is 11.6 Å². The lowest BCUT2D eigenvalue weighted by atomic mass is 9.85. The molecule has 1 aliphatic rings. The largest absolute Gasteiger partial charge is 0.495 e. The highest BCUT2D eigenvalue weighted by molar-refractivity contribution is 6.31. The van der Waals surface area contributed by atoms with E-state index in [0.717, 1.165) is 11.1 Å². The van der Waals surface area contributed by atoms with E-state index in [1.54, 1.807) is 6.92 Å². The highest BCUT2D eigenvalue weighted by Crippen LogP contribution is 2.39. The predicted molar refractivity (Wildman–Crippen MR) is 144 cm³/mol. The Bertz CT molecular complexity index is 1570. The second-order valence-electron chi connectivity index (χ2n) is 9.91. The second kappa shape index (κ2) is 11.0. The molecule has 2 heterocycles. The monoisotopic (exact) mass is 576 g/mol. The molecule has 3 aromatic rings. The number of benzene rings is 1. The van der Waals surface area contributed by atoms with Crippen LogP contribution in [0.3, 0.4) is 0 Å². The summed E-state index contributed by atoms with van der Waals surface area (Å²) in [6, 6.07) is 4.70. The SMILES string of the molecule is CCC(C(=O)NC1(C)C=CC(C)=C(C)C1)n1cc(OC)c(-c2cc(Cl)ccc2-c2nnc(C(F)(F)F)o2)cc1=O. The van der Waals surface area contributed by atoms with Crippen LogP contribution in [0.2, 0.25) is 5.02 Å². The third kappa shape index (κ3) is 5.84. The maximum Gasteiger partial charge on any atom is 0.470 e. The molecule has 0 aliphatic heterocycles. The fourth-order valence-corrected chi connectivity index (χ4v) is 4.85. The Morgan fingerprint density at radius 1 is 1.23 bits per heavy atom. The predicted octanol–water partition coefficient (Wildman–Crippen LogP) is 6.37. The number of alkyl halides is 3. The number of nitrogens with zero attached hydrogens (tertiary/aromatic N) is 3. The van der Waals surface area contributed by atoms with Gasteiger partial charge in [-0.1, -0.05) is 41.8 Å². The first-order chi connectivity index (χ1) is 18.8. The summed E-state index contributed by atoms with van der Waals surface area (Å²) in [5, 5.41) is 9.93. The summed E-state index contributed by atoms with van der Waals surface area (Å²) >= 11 is 6.21. The Balaban J connectivity index is 1.74. The van der Waals surface area contributed by atoms with Crippen molar-refractivity contribution in [2.45, 2.75) is 58.3 Å². The molecule has 40 heavy (non-hydrogen) atoms. The molecule has 12 heteroatoms. The summed E-state index contributed by atoms with van der Waals surface area (Å²) in [5.41, 5.74) is 1.73. The lowest BCUT2D eigenvalue weighted by Gasteiger charge is -2.33. The number of ether oxygens (including phenoxy) is 1. The number of allylic oxidation sites excluding steroid dienone is 2. The van der Waals surface area contributed by atoms with Crippen molar-refractivity contribution in [2.75, 3.05) is 7.11 Å². The van der Waals surface area contributed by atoms with Gasteiger partial charge in [0, 0.05) is 22.2 Å². The van der Waals surface area contributed by atoms with Gasteiger partial charge in [-0.3, -0.25) is 14.2 Å². The van der Waals surface area contributed by atoms with Gasteiger partial charge in [-0.25, -0.2) is 0 Å². The van der Waals surface area contributed by atoms with Crippen LogP contribution in [0.15, 0.2) is 63.0 Å². The molecule has 1 aliphatic carbocycles. The minimum atomic E-state index is -4.83. The Labute approximate surface area is 233 Å². The molecule has 4 rings (SSSR count). The zero-order valence-electron chi connectivity index (χ0n) is 22.5. The quantitative estimate of drug-likeness (QED) is 0.351. The summed E-state index contributed by atoms with van der Waals surface area (Å²) in [4.78, 5) is 26.8. The number of aromatic nitrogens is 3. The number of methoxy groups -OCH3 is 1. The summed E-state index contributed by atoms with van der Waals surface area (Å²) < 4.78 is 51.0. The summed E-state index contributed by atoms with van der Waals surface area (Å²) in [5.74, 6) is -2.08. The lowest BCUT2D eigenvalue weighted by Crippen LogP contribution is -2.49. The number of rotatable bonds is 7. The molecule has 1 N–H and O–H groups in total. The van der Waals surface area contributed by atoms with Crippen molar-refractivity contribution in [3.63, 3.8) is 0 Å². The first-order valence-electron chi connectivity index (χ1n) is 12.4. The Kier molecular flexibility index (Phi) is 7.98. The Morgan fingerprint density at radius 3 is 2.55 bits per heavy atom. The Hall–Kier alpha value is -3.86. The van der Waals surface area contributed by atoms with Gasteiger partial charge in [-0.15, -0.1) is 10.2 Å². The van der Waals surface area contributed by atoms with Gasteiger partial charge in [0.1, 0.15) is 11.8 Å². The van der Waals surface area contributed by atoms with Crippen molar-refractivity contribution >= 4 is 17.5 Å². The van der Waals surface area contributed by atoms with E-state index in [1.165, 1.54) is 42.1 Å². The number of pyridine rings is 1. The minimum absolute atomic E-state index is 0.114. The third-order valence-electron chi connectivity index (χ3n) is 6.87. The summed E-state index contributed by atoms with van der Waals surface area (Å²) in [6.45, 7) is 7.72. The number of amides is 1. The maximum absolute atomic E-state index is 13.4. The van der Waals surface area contributed by atoms with Crippen LogP contribution in [-0.4, -0.2) is 33.3 Å². The molecular formula is C28H28ClF3N4O4. The molecular weight excluding hydrogens is 549 g/mol. The number of nitrogens with one attached hydrogen (secondary N) is 1. The van der Waals surface area contributed by atoms with Gasteiger partial charge in [0.2, 0.25) is 11.8 Å². The molecule has 212 valence electrons. The van der Waals surface area contributed by atoms with Crippen LogP contribution in [0, 0.1) is 0 Å². The number of hydrogen-bond donors (Lipinski definition) is 1. The zero-order valence-corrected chi connectivity index (χ0v) is 23.3. The molecule has 8 nitrogen and oxygen atoms in total. The van der Waals surface area contributed by atoms with Crippen LogP contribution in [-0.2, 0) is 11.0 Å². The molecule has 2 unspecified atom stereocenters. The van der Waals surface area contributed by atoms with E-state index < -0.39 is 35.1 Å². The minimum Gasteiger partial charge on any atom is -0.495 e. The van der Waals surface area contributed by atoms with Crippen molar-refractivity contribution in [1.29, 1.82) is 0 Å². The normalized spacial score (nSPS) is 18.1. The smallest absolute Gasteiger partial charge is 0.470 e. The van der Waals surface area contributed by atoms with Gasteiger partial charge >= 0.3 is 12.1 Å². The van der Waals surface area contributed by atoms with Gasteiger partial charge in [-0.2, -0.15) is 13.2 Å². The van der Waals surface area contributed by atoms with Gasteiger partial charge in [0.25, 0.3) is 5.56 Å². The first-order valence-corrected chi connectivity index (χ1v) is 12.8. The van der Waals surface area contributed by atoms with Gasteiger partial charge in [0.05, 0.1) is 18.8 Å². The lowest BCUT2D eigenvalue weighted by molar-refractivity contribution is -0.157. The van der Waals surface area contributed by atoms with Gasteiger partial charge in [-0.05, 0) is 57.4 Å². The molecule has 0 saturated carbocycles. The van der Waals surface area contributed by atoms with Crippen LogP contribution in [0.4, 0.5) is 13.2 Å². The second-order valence-corrected chi connectivity index (χ2v) is 10.3. The number of hydrogen-bond acceptors (Lipinski definition) is 6. The number of carbonyl (C=O) groups excluding carboxylic acids is 1. The molecule has 1 aromatic carbocycles. The van der Waals surface area contributed by atoms with E-state index in [1.807, 2.05) is 32.9 Å². The topological polar surface area (TPSA) is 99.2 Å². The number of carbonyl (C=O) groups is 1. The van der Waals surface area contributed by atoms with E-state index in [9.17, 15) is 22.8 Å². The molecule has 0 saturated heterocycles. The third-order valence-corrected chi connectivity index (χ3v) is 7.11. The molecule has 0 fully saturated rings. The van der Waals surface area contributed by atoms with Crippen molar-refractivity contribution in [1.82, 2.24) is 20.1 Å². The fraction of sp³-hybridized carbons (Fsp3) is 0.357. The van der Waals surface area contributed by atoms with Crippen LogP contribution in [0.25, 0.3) is 22.6 Å². The van der Waals surface area contributed by atoms with E-state index in [2.05, 4.69) is 15.5 Å². The molecule has 2 atom stereocenters. The van der Waals surface area contributed by atoms with E-state index >= 15 is 0 Å². The van der Waals surface area contributed by atoms with Crippen LogP contribution in [0.5, 0.6) is 5.75 Å². The van der Waals surface area contributed by atoms with Crippen molar-refractivity contribution in [3.8, 4) is 28.3 Å². The molecule has 0 radical (unpaired) electrons. The fourth-order valence-electron chi connectivity index (χ4n) is 4.68. The maximum atomic E-state index is 13.4. The summed E-state index contributed by atoms with van der Waals surface area (Å²) in [7, 11) is 1.37. The van der Waals surface area contributed by atoms with E-state index in [0.29, 0.717) is 12.8 Å². The average Bonchev–Trinajstić information content (AvgIpc) is 3.38. The van der Waals surface area contributed by atoms with Gasteiger partial charge in [0.15, 0.2) is 0 Å². The van der Waals surface area contributed by atoms with E-state index in [4.69, 9.17) is 20.8 Å². The van der Waals surface area contributed by atoms with Crippen LogP contribution in [0.1, 0.15) is 52.5 Å². The Morgan fingerprint density at radius 2 is 1.95 bits per heavy atom. The molecule has 0 spiro atoms. The standard InChI is InChI=1S/C28H28ClF3N4O4/c1-6-21(24(38)33-27(4)10-9-15(2)16(3)13-27)36-14-22(39-5)20(12-23(36)37)19-11-17(29)7-8-18(19)25-34-35-26(40-25)28(30,31)32/h7-12,14,21H,6,13H2,1-5H3,(H,33,38). The highest BCUT2D eigenvalue weighted by Gasteiger charge is 2.38. The average molecular weight is 577 g/mol. The first kappa shape index (κ1) is 29.1. The van der Waals surface area contributed by atoms with E-state index in [-0.39, 0.29) is 33.4 Å².